The molecule has 6 heteroatoms. The Morgan fingerprint density at radius 3 is 2.21 bits per heavy atom. The average Bonchev–Trinajstić information content (AvgIpc) is 2.62. The summed E-state index contributed by atoms with van der Waals surface area (Å²) >= 11 is 0. The van der Waals surface area contributed by atoms with E-state index in [1.54, 1.807) is 12.1 Å². The zero-order valence-corrected chi connectivity index (χ0v) is 13.9. The van der Waals surface area contributed by atoms with Crippen LogP contribution in [0.2, 0.25) is 0 Å². The number of carbonyl (C=O) groups is 2. The molecule has 1 N–H and O–H groups in total. The van der Waals surface area contributed by atoms with Crippen molar-refractivity contribution in [3.63, 3.8) is 0 Å². The molecule has 1 fully saturated rings. The van der Waals surface area contributed by atoms with Crippen LogP contribution in [0.25, 0.3) is 0 Å². The predicted molar refractivity (Wildman–Crippen MR) is 90.4 cm³/mol. The van der Waals surface area contributed by atoms with Crippen LogP contribution in [0.5, 0.6) is 0 Å². The van der Waals surface area contributed by atoms with Crippen molar-refractivity contribution in [2.75, 3.05) is 37.7 Å². The van der Waals surface area contributed by atoms with Crippen molar-refractivity contribution in [3.05, 3.63) is 30.1 Å². The van der Waals surface area contributed by atoms with Crippen molar-refractivity contribution in [2.45, 2.75) is 32.1 Å². The summed E-state index contributed by atoms with van der Waals surface area (Å²) in [7, 11) is 0. The second-order valence-electron chi connectivity index (χ2n) is 6.10. The van der Waals surface area contributed by atoms with Gasteiger partial charge in [0.1, 0.15) is 12.4 Å². The lowest BCUT2D eigenvalue weighted by atomic mass is 10.1. The zero-order chi connectivity index (χ0) is 17.4. The first-order chi connectivity index (χ1) is 11.6. The van der Waals surface area contributed by atoms with Crippen molar-refractivity contribution in [2.24, 2.45) is 0 Å². The maximum atomic E-state index is 13.0. The van der Waals surface area contributed by atoms with Gasteiger partial charge in [0.2, 0.25) is 5.91 Å². The highest BCUT2D eigenvalue weighted by molar-refractivity contribution is 5.79. The summed E-state index contributed by atoms with van der Waals surface area (Å²) in [5.41, 5.74) is 0.983. The molecule has 0 radical (unpaired) electrons. The maximum Gasteiger partial charge on any atom is 0.222 e. The normalized spacial score (nSPS) is 14.8. The third-order valence-corrected chi connectivity index (χ3v) is 4.35. The maximum absolute atomic E-state index is 13.0. The quantitative estimate of drug-likeness (QED) is 0.738. The van der Waals surface area contributed by atoms with Gasteiger partial charge in [-0.05, 0) is 37.1 Å². The summed E-state index contributed by atoms with van der Waals surface area (Å²) in [4.78, 5) is 27.2. The second-order valence-corrected chi connectivity index (χ2v) is 6.10. The number of unbranched alkanes of at least 4 members (excludes halogenated alkanes) is 2. The highest BCUT2D eigenvalue weighted by Gasteiger charge is 2.20. The fraction of sp³-hybridized carbons (Fsp3) is 0.556. The number of aliphatic hydroxyl groups is 1. The van der Waals surface area contributed by atoms with Crippen LogP contribution in [-0.2, 0) is 9.59 Å². The zero-order valence-electron chi connectivity index (χ0n) is 13.9. The molecular weight excluding hydrogens is 311 g/mol. The molecule has 1 heterocycles. The van der Waals surface area contributed by atoms with Crippen LogP contribution in [-0.4, -0.2) is 54.5 Å². The van der Waals surface area contributed by atoms with Crippen LogP contribution < -0.4 is 4.90 Å². The highest BCUT2D eigenvalue weighted by Crippen LogP contribution is 2.17. The lowest BCUT2D eigenvalue weighted by molar-refractivity contribution is -0.131. The molecule has 1 aliphatic heterocycles. The Kier molecular flexibility index (Phi) is 7.18. The Morgan fingerprint density at radius 2 is 1.58 bits per heavy atom. The van der Waals surface area contributed by atoms with Crippen molar-refractivity contribution in [3.8, 4) is 0 Å². The Morgan fingerprint density at radius 1 is 0.958 bits per heavy atom. The van der Waals surface area contributed by atoms with Gasteiger partial charge in [0.15, 0.2) is 5.78 Å². The molecule has 1 saturated heterocycles. The van der Waals surface area contributed by atoms with Gasteiger partial charge in [0.05, 0.1) is 0 Å². The minimum Gasteiger partial charge on any atom is -0.389 e. The van der Waals surface area contributed by atoms with E-state index in [1.165, 1.54) is 12.1 Å². The summed E-state index contributed by atoms with van der Waals surface area (Å²) in [6, 6.07) is 6.43. The molecule has 0 aromatic heterocycles. The van der Waals surface area contributed by atoms with E-state index in [2.05, 4.69) is 4.90 Å². The first kappa shape index (κ1) is 18.4. The number of halogens is 1. The highest BCUT2D eigenvalue weighted by atomic mass is 19.1. The summed E-state index contributed by atoms with van der Waals surface area (Å²) in [6.07, 6.45) is 3.22. The molecule has 0 saturated carbocycles. The number of ketones is 1. The molecular formula is C18H25FN2O3. The lowest BCUT2D eigenvalue weighted by Gasteiger charge is -2.36. The van der Waals surface area contributed by atoms with E-state index in [0.717, 1.165) is 38.0 Å². The van der Waals surface area contributed by atoms with Crippen molar-refractivity contribution in [1.29, 1.82) is 0 Å². The van der Waals surface area contributed by atoms with Crippen LogP contribution in [0.1, 0.15) is 32.1 Å². The molecule has 1 aromatic rings. The topological polar surface area (TPSA) is 60.9 Å². The van der Waals surface area contributed by atoms with Crippen LogP contribution in [0, 0.1) is 5.82 Å². The number of piperazine rings is 1. The number of benzene rings is 1. The number of amides is 1. The third-order valence-electron chi connectivity index (χ3n) is 4.35. The number of nitrogens with zero attached hydrogens (tertiary/aromatic N) is 2. The van der Waals surface area contributed by atoms with E-state index in [0.29, 0.717) is 25.9 Å². The van der Waals surface area contributed by atoms with Crippen LogP contribution >= 0.6 is 0 Å². The standard InChI is InChI=1S/C18H25FN2O3/c19-15-6-8-16(9-7-15)20-10-12-21(13-11-20)18(24)5-3-1-2-4-17(23)14-22/h6-9,22H,1-5,10-14H2. The van der Waals surface area contributed by atoms with Gasteiger partial charge in [-0.1, -0.05) is 6.42 Å². The SMILES string of the molecule is O=C(CO)CCCCCC(=O)N1CCN(c2ccc(F)cc2)CC1. The van der Waals surface area contributed by atoms with Crippen molar-refractivity contribution < 1.29 is 19.1 Å². The summed E-state index contributed by atoms with van der Waals surface area (Å²) in [6.45, 7) is 2.47. The number of Topliss-reactive ketones (excluding diaryl/α,β-unsaturated/α-hetero) is 1. The predicted octanol–water partition coefficient (Wildman–Crippen LogP) is 1.99. The van der Waals surface area contributed by atoms with Gasteiger partial charge in [-0.3, -0.25) is 9.59 Å². The van der Waals surface area contributed by atoms with E-state index in [9.17, 15) is 14.0 Å². The summed E-state index contributed by atoms with van der Waals surface area (Å²) in [5.74, 6) is -0.228. The van der Waals surface area contributed by atoms with Gasteiger partial charge < -0.3 is 14.9 Å². The van der Waals surface area contributed by atoms with Crippen LogP contribution in [0.15, 0.2) is 24.3 Å². The molecule has 1 amide bonds. The molecule has 0 aliphatic carbocycles. The lowest BCUT2D eigenvalue weighted by Crippen LogP contribution is -2.48. The van der Waals surface area contributed by atoms with Crippen molar-refractivity contribution >= 4 is 17.4 Å². The van der Waals surface area contributed by atoms with Crippen LogP contribution in [0.4, 0.5) is 10.1 Å². The first-order valence-corrected chi connectivity index (χ1v) is 8.51. The molecule has 0 unspecified atom stereocenters. The smallest absolute Gasteiger partial charge is 0.222 e. The van der Waals surface area contributed by atoms with Gasteiger partial charge in [0.25, 0.3) is 0 Å². The largest absolute Gasteiger partial charge is 0.389 e. The first-order valence-electron chi connectivity index (χ1n) is 8.51. The van der Waals surface area contributed by atoms with E-state index in [-0.39, 0.29) is 17.5 Å². The number of hydrogen-bond acceptors (Lipinski definition) is 4. The summed E-state index contributed by atoms with van der Waals surface area (Å²) < 4.78 is 13.0. The minimum atomic E-state index is -0.392. The number of carbonyl (C=O) groups excluding carboxylic acids is 2. The molecule has 5 nitrogen and oxygen atoms in total. The number of aliphatic hydroxyl groups excluding tert-OH is 1. The minimum absolute atomic E-state index is 0.141. The molecule has 24 heavy (non-hydrogen) atoms. The number of hydrogen-bond donors (Lipinski definition) is 1. The molecule has 0 bridgehead atoms. The number of anilines is 1. The average molecular weight is 336 g/mol. The third kappa shape index (κ3) is 5.60. The fourth-order valence-corrected chi connectivity index (χ4v) is 2.88. The van der Waals surface area contributed by atoms with Gasteiger partial charge in [-0.25, -0.2) is 4.39 Å². The second kappa shape index (κ2) is 9.37. The Balaban J connectivity index is 1.65. The Hall–Kier alpha value is -1.95. The van der Waals surface area contributed by atoms with E-state index < -0.39 is 6.61 Å². The summed E-state index contributed by atoms with van der Waals surface area (Å²) in [5, 5.41) is 8.63. The van der Waals surface area contributed by atoms with E-state index >= 15 is 0 Å². The number of rotatable bonds is 8. The van der Waals surface area contributed by atoms with Crippen LogP contribution in [0.3, 0.4) is 0 Å². The molecule has 0 spiro atoms. The molecule has 132 valence electrons. The molecule has 1 aromatic carbocycles. The van der Waals surface area contributed by atoms with Gasteiger partial charge in [-0.15, -0.1) is 0 Å². The van der Waals surface area contributed by atoms with Gasteiger partial charge in [0, 0.05) is 44.7 Å². The van der Waals surface area contributed by atoms with Gasteiger partial charge >= 0.3 is 0 Å². The van der Waals surface area contributed by atoms with E-state index in [1.807, 2.05) is 4.90 Å². The molecule has 2 rings (SSSR count). The van der Waals surface area contributed by atoms with E-state index in [4.69, 9.17) is 5.11 Å². The Labute approximate surface area is 142 Å². The molecule has 1 aliphatic rings. The molecule has 0 atom stereocenters. The van der Waals surface area contributed by atoms with Gasteiger partial charge in [-0.2, -0.15) is 0 Å². The fourth-order valence-electron chi connectivity index (χ4n) is 2.88. The van der Waals surface area contributed by atoms with Crippen molar-refractivity contribution in [1.82, 2.24) is 4.90 Å². The Bertz CT molecular complexity index is 540. The monoisotopic (exact) mass is 336 g/mol.